The fourth-order valence-electron chi connectivity index (χ4n) is 1.32. The molecule has 1 rings (SSSR count). The van der Waals surface area contributed by atoms with E-state index in [-0.39, 0.29) is 10.6 Å². The number of carboxylic acids is 1. The van der Waals surface area contributed by atoms with Crippen molar-refractivity contribution >= 4 is 35.2 Å². The van der Waals surface area contributed by atoms with Gasteiger partial charge in [-0.3, -0.25) is 9.59 Å². The molecule has 1 heterocycles. The zero-order chi connectivity index (χ0) is 14.4. The summed E-state index contributed by atoms with van der Waals surface area (Å²) in [6.45, 7) is 0. The van der Waals surface area contributed by atoms with Crippen LogP contribution in [-0.2, 0) is 4.79 Å². The molecule has 104 valence electrons. The molecule has 0 unspecified atom stereocenters. The molecule has 3 N–H and O–H groups in total. The maximum atomic E-state index is 11.8. The van der Waals surface area contributed by atoms with Crippen molar-refractivity contribution in [1.29, 1.82) is 0 Å². The van der Waals surface area contributed by atoms with E-state index in [2.05, 4.69) is 10.3 Å². The van der Waals surface area contributed by atoms with Crippen LogP contribution in [0.25, 0.3) is 0 Å². The summed E-state index contributed by atoms with van der Waals surface area (Å²) >= 11 is 7.09. The molecular weight excluding hydrogens is 292 g/mol. The fourth-order valence-corrected chi connectivity index (χ4v) is 1.97. The second-order valence-corrected chi connectivity index (χ2v) is 5.10. The highest BCUT2D eigenvalue weighted by atomic mass is 35.5. The number of halogens is 1. The second kappa shape index (κ2) is 7.20. The van der Waals surface area contributed by atoms with Crippen LogP contribution in [0.4, 0.5) is 0 Å². The van der Waals surface area contributed by atoms with Gasteiger partial charge in [0.2, 0.25) is 0 Å². The number of carbonyl (C=O) groups is 2. The van der Waals surface area contributed by atoms with Crippen molar-refractivity contribution in [2.45, 2.75) is 12.5 Å². The van der Waals surface area contributed by atoms with Crippen LogP contribution in [-0.4, -0.2) is 40.0 Å². The van der Waals surface area contributed by atoms with Crippen molar-refractivity contribution < 1.29 is 14.7 Å². The number of H-pyrrole nitrogens is 1. The van der Waals surface area contributed by atoms with E-state index in [9.17, 15) is 14.4 Å². The lowest BCUT2D eigenvalue weighted by atomic mass is 10.2. The lowest BCUT2D eigenvalue weighted by Crippen LogP contribution is -2.41. The minimum Gasteiger partial charge on any atom is -0.480 e. The van der Waals surface area contributed by atoms with Gasteiger partial charge in [-0.25, -0.2) is 4.79 Å². The zero-order valence-electron chi connectivity index (χ0n) is 10.1. The average molecular weight is 305 g/mol. The Balaban J connectivity index is 2.78. The molecule has 0 aliphatic rings. The van der Waals surface area contributed by atoms with E-state index in [1.165, 1.54) is 24.0 Å². The van der Waals surface area contributed by atoms with Crippen LogP contribution < -0.4 is 10.9 Å². The molecule has 0 aliphatic carbocycles. The van der Waals surface area contributed by atoms with Gasteiger partial charge in [-0.1, -0.05) is 11.6 Å². The number of rotatable bonds is 6. The number of aromatic amines is 1. The first-order valence-corrected chi connectivity index (χ1v) is 7.13. The van der Waals surface area contributed by atoms with Gasteiger partial charge in [-0.2, -0.15) is 11.8 Å². The molecule has 0 radical (unpaired) electrons. The second-order valence-electron chi connectivity index (χ2n) is 3.71. The number of nitrogens with one attached hydrogen (secondary N) is 2. The highest BCUT2D eigenvalue weighted by molar-refractivity contribution is 7.98. The summed E-state index contributed by atoms with van der Waals surface area (Å²) in [5.74, 6) is -1.08. The molecule has 1 atom stereocenters. The number of carbonyl (C=O) groups excluding carboxylic acids is 1. The standard InChI is InChI=1S/C11H13ClN2O4S/c1-19-3-2-8(11(17)18)14-9(15)6-4-7(12)10(16)13-5-6/h4-5,8H,2-3H2,1H3,(H,13,16)(H,14,15)(H,17,18)/t8-/m0/s1. The predicted octanol–water partition coefficient (Wildman–Crippen LogP) is 0.964. The number of pyridine rings is 1. The normalized spacial score (nSPS) is 11.9. The number of amides is 1. The summed E-state index contributed by atoms with van der Waals surface area (Å²) in [6.07, 6.45) is 3.36. The van der Waals surface area contributed by atoms with E-state index in [0.717, 1.165) is 0 Å². The third-order valence-corrected chi connectivity index (χ3v) is 3.26. The quantitative estimate of drug-likeness (QED) is 0.727. The minimum absolute atomic E-state index is 0.111. The fraction of sp³-hybridized carbons (Fsp3) is 0.364. The molecule has 0 aliphatic heterocycles. The zero-order valence-corrected chi connectivity index (χ0v) is 11.7. The molecule has 1 aromatic rings. The number of hydrogen-bond acceptors (Lipinski definition) is 4. The molecule has 0 saturated heterocycles. The molecule has 0 fully saturated rings. The number of thioether (sulfide) groups is 1. The Kier molecular flexibility index (Phi) is 5.91. The molecule has 1 amide bonds. The summed E-state index contributed by atoms with van der Waals surface area (Å²) in [5.41, 5.74) is -0.393. The molecule has 1 aromatic heterocycles. The molecule has 6 nitrogen and oxygen atoms in total. The Morgan fingerprint density at radius 3 is 2.79 bits per heavy atom. The average Bonchev–Trinajstić information content (AvgIpc) is 2.37. The van der Waals surface area contributed by atoms with Crippen LogP contribution >= 0.6 is 23.4 Å². The Morgan fingerprint density at radius 1 is 1.58 bits per heavy atom. The Hall–Kier alpha value is -1.47. The molecular formula is C11H13ClN2O4S. The summed E-state index contributed by atoms with van der Waals surface area (Å²) < 4.78 is 0. The monoisotopic (exact) mass is 304 g/mol. The van der Waals surface area contributed by atoms with E-state index < -0.39 is 23.5 Å². The van der Waals surface area contributed by atoms with Crippen LogP contribution in [0.5, 0.6) is 0 Å². The summed E-state index contributed by atoms with van der Waals surface area (Å²) in [6, 6.07) is 0.231. The molecule has 0 aromatic carbocycles. The third-order valence-electron chi connectivity index (χ3n) is 2.33. The highest BCUT2D eigenvalue weighted by Crippen LogP contribution is 2.06. The smallest absolute Gasteiger partial charge is 0.326 e. The highest BCUT2D eigenvalue weighted by Gasteiger charge is 2.20. The van der Waals surface area contributed by atoms with Gasteiger partial charge < -0.3 is 15.4 Å². The maximum Gasteiger partial charge on any atom is 0.326 e. The van der Waals surface area contributed by atoms with Gasteiger partial charge in [0, 0.05) is 6.20 Å². The van der Waals surface area contributed by atoms with Crippen molar-refractivity contribution in [3.05, 3.63) is 33.2 Å². The lowest BCUT2D eigenvalue weighted by Gasteiger charge is -2.13. The van der Waals surface area contributed by atoms with Crippen LogP contribution in [0, 0.1) is 0 Å². The van der Waals surface area contributed by atoms with Crippen LogP contribution in [0.3, 0.4) is 0 Å². The van der Waals surface area contributed by atoms with Crippen LogP contribution in [0.1, 0.15) is 16.8 Å². The van der Waals surface area contributed by atoms with Gasteiger partial charge in [0.15, 0.2) is 0 Å². The van der Waals surface area contributed by atoms with Crippen molar-refractivity contribution in [1.82, 2.24) is 10.3 Å². The predicted molar refractivity (Wildman–Crippen MR) is 74.0 cm³/mol. The first-order chi connectivity index (χ1) is 8.95. The molecule has 8 heteroatoms. The van der Waals surface area contributed by atoms with Crippen molar-refractivity contribution in [2.24, 2.45) is 0 Å². The van der Waals surface area contributed by atoms with Crippen molar-refractivity contribution in [3.8, 4) is 0 Å². The van der Waals surface area contributed by atoms with E-state index in [4.69, 9.17) is 16.7 Å². The topological polar surface area (TPSA) is 99.3 Å². The maximum absolute atomic E-state index is 11.8. The van der Waals surface area contributed by atoms with Gasteiger partial charge in [-0.15, -0.1) is 0 Å². The largest absolute Gasteiger partial charge is 0.480 e. The Labute approximate surface area is 118 Å². The van der Waals surface area contributed by atoms with Gasteiger partial charge >= 0.3 is 5.97 Å². The van der Waals surface area contributed by atoms with Crippen LogP contribution in [0.15, 0.2) is 17.1 Å². The third kappa shape index (κ3) is 4.60. The van der Waals surface area contributed by atoms with Gasteiger partial charge in [0.25, 0.3) is 11.5 Å². The van der Waals surface area contributed by atoms with Crippen molar-refractivity contribution in [3.63, 3.8) is 0 Å². The van der Waals surface area contributed by atoms with Gasteiger partial charge in [-0.05, 0) is 24.5 Å². The number of hydrogen-bond donors (Lipinski definition) is 3. The Morgan fingerprint density at radius 2 is 2.26 bits per heavy atom. The summed E-state index contributed by atoms with van der Waals surface area (Å²) in [7, 11) is 0. The van der Waals surface area contributed by atoms with E-state index in [1.54, 1.807) is 0 Å². The van der Waals surface area contributed by atoms with Crippen molar-refractivity contribution in [2.75, 3.05) is 12.0 Å². The number of carboxylic acid groups (broad SMARTS) is 1. The Bertz CT molecular complexity index is 532. The molecule has 19 heavy (non-hydrogen) atoms. The SMILES string of the molecule is CSCC[C@H](NC(=O)c1c[nH]c(=O)c(Cl)c1)C(=O)O. The molecule has 0 saturated carbocycles. The van der Waals surface area contributed by atoms with E-state index in [1.807, 2.05) is 6.26 Å². The summed E-state index contributed by atoms with van der Waals surface area (Å²) in [5, 5.41) is 11.2. The molecule has 0 spiro atoms. The van der Waals surface area contributed by atoms with E-state index >= 15 is 0 Å². The number of aromatic nitrogens is 1. The van der Waals surface area contributed by atoms with Crippen LogP contribution in [0.2, 0.25) is 5.02 Å². The lowest BCUT2D eigenvalue weighted by molar-refractivity contribution is -0.139. The molecule has 0 bridgehead atoms. The first kappa shape index (κ1) is 15.6. The minimum atomic E-state index is -1.10. The van der Waals surface area contributed by atoms with Gasteiger partial charge in [0.05, 0.1) is 5.56 Å². The van der Waals surface area contributed by atoms with E-state index in [0.29, 0.717) is 12.2 Å². The number of aliphatic carboxylic acids is 1. The summed E-state index contributed by atoms with van der Waals surface area (Å²) in [4.78, 5) is 36.2. The van der Waals surface area contributed by atoms with Gasteiger partial charge in [0.1, 0.15) is 11.1 Å². The first-order valence-electron chi connectivity index (χ1n) is 5.36.